The average Bonchev–Trinajstić information content (AvgIpc) is 3.24. The molecule has 31 heavy (non-hydrogen) atoms. The van der Waals surface area contributed by atoms with Gasteiger partial charge in [-0.2, -0.15) is 5.10 Å². The van der Waals surface area contributed by atoms with E-state index in [1.807, 2.05) is 47.1 Å². The predicted octanol–water partition coefficient (Wildman–Crippen LogP) is 4.19. The van der Waals surface area contributed by atoms with E-state index < -0.39 is 5.82 Å². The fourth-order valence-electron chi connectivity index (χ4n) is 3.26. The highest BCUT2D eigenvalue weighted by molar-refractivity contribution is 5.94. The summed E-state index contributed by atoms with van der Waals surface area (Å²) >= 11 is 0. The van der Waals surface area contributed by atoms with E-state index >= 15 is 0 Å². The van der Waals surface area contributed by atoms with E-state index in [4.69, 9.17) is 9.84 Å². The highest BCUT2D eigenvalue weighted by atomic mass is 19.1. The molecule has 2 heterocycles. The van der Waals surface area contributed by atoms with Crippen LogP contribution in [0.15, 0.2) is 79.1 Å². The van der Waals surface area contributed by atoms with Crippen LogP contribution in [0.5, 0.6) is 5.75 Å². The second-order valence-corrected chi connectivity index (χ2v) is 6.88. The summed E-state index contributed by atoms with van der Waals surface area (Å²) in [6.07, 6.45) is 3.47. The minimum Gasteiger partial charge on any atom is -0.497 e. The maximum atomic E-state index is 13.4. The fraction of sp³-hybridized carbons (Fsp3) is 0.125. The smallest absolute Gasteiger partial charge is 0.251 e. The summed E-state index contributed by atoms with van der Waals surface area (Å²) in [6, 6.07) is 19.1. The zero-order valence-electron chi connectivity index (χ0n) is 17.0. The molecule has 0 fully saturated rings. The van der Waals surface area contributed by atoms with Crippen molar-refractivity contribution in [1.29, 1.82) is 0 Å². The van der Waals surface area contributed by atoms with Gasteiger partial charge in [0.05, 0.1) is 25.0 Å². The Morgan fingerprint density at radius 2 is 1.90 bits per heavy atom. The highest BCUT2D eigenvalue weighted by Gasteiger charge is 2.13. The average molecular weight is 416 g/mol. The Balaban J connectivity index is 1.58. The van der Waals surface area contributed by atoms with Crippen molar-refractivity contribution in [2.75, 3.05) is 13.7 Å². The molecule has 1 amide bonds. The van der Waals surface area contributed by atoms with Crippen molar-refractivity contribution in [3.05, 3.63) is 90.5 Å². The molecule has 156 valence electrons. The Kier molecular flexibility index (Phi) is 6.03. The Morgan fingerprint density at radius 3 is 2.68 bits per heavy atom. The number of rotatable bonds is 7. The van der Waals surface area contributed by atoms with Gasteiger partial charge in [-0.05, 0) is 48.5 Å². The number of aromatic nitrogens is 3. The zero-order chi connectivity index (χ0) is 21.6. The molecule has 4 aromatic rings. The van der Waals surface area contributed by atoms with Crippen LogP contribution in [0.25, 0.3) is 22.5 Å². The summed E-state index contributed by atoms with van der Waals surface area (Å²) in [6.45, 7) is 0.772. The molecule has 0 aliphatic rings. The Bertz CT molecular complexity index is 1190. The molecule has 0 saturated carbocycles. The van der Waals surface area contributed by atoms with E-state index in [9.17, 15) is 9.18 Å². The number of nitrogens with one attached hydrogen (secondary N) is 1. The molecule has 1 N–H and O–H groups in total. The van der Waals surface area contributed by atoms with E-state index in [0.717, 1.165) is 28.3 Å². The van der Waals surface area contributed by atoms with E-state index in [1.165, 1.54) is 18.2 Å². The van der Waals surface area contributed by atoms with Crippen LogP contribution in [0.2, 0.25) is 0 Å². The predicted molar refractivity (Wildman–Crippen MR) is 116 cm³/mol. The van der Waals surface area contributed by atoms with Crippen molar-refractivity contribution in [2.45, 2.75) is 6.54 Å². The number of pyridine rings is 1. The second kappa shape index (κ2) is 9.21. The van der Waals surface area contributed by atoms with Crippen LogP contribution in [0, 0.1) is 5.82 Å². The molecule has 2 aromatic carbocycles. The lowest BCUT2D eigenvalue weighted by molar-refractivity contribution is 0.0951. The first-order valence-corrected chi connectivity index (χ1v) is 9.80. The van der Waals surface area contributed by atoms with Gasteiger partial charge in [-0.25, -0.2) is 4.39 Å². The molecule has 0 radical (unpaired) electrons. The molecule has 0 aliphatic carbocycles. The number of nitrogens with zero attached hydrogens (tertiary/aromatic N) is 3. The van der Waals surface area contributed by atoms with Crippen molar-refractivity contribution in [1.82, 2.24) is 20.1 Å². The largest absolute Gasteiger partial charge is 0.497 e. The first-order chi connectivity index (χ1) is 15.1. The number of halogens is 1. The first-order valence-electron chi connectivity index (χ1n) is 9.80. The fourth-order valence-corrected chi connectivity index (χ4v) is 3.26. The van der Waals surface area contributed by atoms with Crippen molar-refractivity contribution in [3.63, 3.8) is 0 Å². The van der Waals surface area contributed by atoms with E-state index in [-0.39, 0.29) is 11.5 Å². The van der Waals surface area contributed by atoms with Gasteiger partial charge >= 0.3 is 0 Å². The SMILES string of the molecule is COc1cccc(-c2cc(-c3cccnc3)nn2CCNC(=O)c2cccc(F)c2)c1. The monoisotopic (exact) mass is 416 g/mol. The maximum Gasteiger partial charge on any atom is 0.251 e. The molecule has 0 aliphatic heterocycles. The van der Waals surface area contributed by atoms with Gasteiger partial charge in [0.15, 0.2) is 0 Å². The number of amides is 1. The Morgan fingerprint density at radius 1 is 1.06 bits per heavy atom. The van der Waals surface area contributed by atoms with Crippen LogP contribution < -0.4 is 10.1 Å². The molecular formula is C24H21FN4O2. The molecule has 0 atom stereocenters. The molecule has 0 saturated heterocycles. The van der Waals surface area contributed by atoms with Gasteiger partial charge in [0.1, 0.15) is 11.6 Å². The summed E-state index contributed by atoms with van der Waals surface area (Å²) in [5, 5.41) is 7.54. The summed E-state index contributed by atoms with van der Waals surface area (Å²) in [7, 11) is 1.62. The van der Waals surface area contributed by atoms with Gasteiger partial charge in [-0.3, -0.25) is 14.5 Å². The van der Waals surface area contributed by atoms with Crippen LogP contribution in [0.1, 0.15) is 10.4 Å². The summed E-state index contributed by atoms with van der Waals surface area (Å²) in [4.78, 5) is 16.5. The molecule has 0 bridgehead atoms. The number of carbonyl (C=O) groups is 1. The number of carbonyl (C=O) groups excluding carboxylic acids is 1. The maximum absolute atomic E-state index is 13.4. The third-order valence-corrected chi connectivity index (χ3v) is 4.80. The summed E-state index contributed by atoms with van der Waals surface area (Å²) in [5.74, 6) is -0.0317. The zero-order valence-corrected chi connectivity index (χ0v) is 17.0. The minimum atomic E-state index is -0.443. The Hall–Kier alpha value is -4.00. The lowest BCUT2D eigenvalue weighted by Crippen LogP contribution is -2.27. The number of hydrogen-bond acceptors (Lipinski definition) is 4. The second-order valence-electron chi connectivity index (χ2n) is 6.88. The minimum absolute atomic E-state index is 0.282. The molecule has 6 nitrogen and oxygen atoms in total. The van der Waals surface area contributed by atoms with Crippen LogP contribution >= 0.6 is 0 Å². The van der Waals surface area contributed by atoms with E-state index in [1.54, 1.807) is 25.6 Å². The molecule has 0 spiro atoms. The van der Waals surface area contributed by atoms with Crippen LogP contribution in [0.3, 0.4) is 0 Å². The van der Waals surface area contributed by atoms with Crippen LogP contribution in [0.4, 0.5) is 4.39 Å². The third kappa shape index (κ3) is 4.78. The van der Waals surface area contributed by atoms with Crippen LogP contribution in [-0.4, -0.2) is 34.3 Å². The lowest BCUT2D eigenvalue weighted by atomic mass is 10.1. The number of methoxy groups -OCH3 is 1. The number of hydrogen-bond donors (Lipinski definition) is 1. The molecule has 4 rings (SSSR count). The third-order valence-electron chi connectivity index (χ3n) is 4.80. The molecular weight excluding hydrogens is 395 g/mol. The molecule has 7 heteroatoms. The first kappa shape index (κ1) is 20.3. The lowest BCUT2D eigenvalue weighted by Gasteiger charge is -2.10. The highest BCUT2D eigenvalue weighted by Crippen LogP contribution is 2.28. The topological polar surface area (TPSA) is 69.0 Å². The number of ether oxygens (including phenoxy) is 1. The summed E-state index contributed by atoms with van der Waals surface area (Å²) in [5.41, 5.74) is 3.79. The number of benzene rings is 2. The van der Waals surface area contributed by atoms with Crippen molar-refractivity contribution < 1.29 is 13.9 Å². The van der Waals surface area contributed by atoms with Gasteiger partial charge in [-0.15, -0.1) is 0 Å². The Labute approximate surface area is 179 Å². The van der Waals surface area contributed by atoms with Crippen LogP contribution in [-0.2, 0) is 6.54 Å². The van der Waals surface area contributed by atoms with Gasteiger partial charge in [0.25, 0.3) is 5.91 Å². The van der Waals surface area contributed by atoms with Crippen molar-refractivity contribution in [2.24, 2.45) is 0 Å². The summed E-state index contributed by atoms with van der Waals surface area (Å²) < 4.78 is 20.6. The van der Waals surface area contributed by atoms with Gasteiger partial charge in [0.2, 0.25) is 0 Å². The van der Waals surface area contributed by atoms with E-state index in [0.29, 0.717) is 13.1 Å². The van der Waals surface area contributed by atoms with Gasteiger partial charge in [-0.1, -0.05) is 18.2 Å². The normalized spacial score (nSPS) is 10.6. The quantitative estimate of drug-likeness (QED) is 0.491. The van der Waals surface area contributed by atoms with Crippen molar-refractivity contribution in [3.8, 4) is 28.3 Å². The van der Waals surface area contributed by atoms with E-state index in [2.05, 4.69) is 10.3 Å². The standard InChI is InChI=1S/C24H21FN4O2/c1-31-21-9-3-5-17(14-21)23-15-22(19-7-4-10-26-16-19)28-29(23)12-11-27-24(30)18-6-2-8-20(25)13-18/h2-10,13-16H,11-12H2,1H3,(H,27,30). The van der Waals surface area contributed by atoms with Crippen molar-refractivity contribution >= 4 is 5.91 Å². The van der Waals surface area contributed by atoms with Gasteiger partial charge in [0, 0.05) is 35.6 Å². The van der Waals surface area contributed by atoms with Gasteiger partial charge < -0.3 is 10.1 Å². The molecule has 0 unspecified atom stereocenters. The molecule has 2 aromatic heterocycles.